The number of aryl methyl sites for hydroxylation is 1. The van der Waals surface area contributed by atoms with Crippen LogP contribution in [0.1, 0.15) is 46.9 Å². The maximum Gasteiger partial charge on any atom is 0.196 e. The number of anilines is 1. The van der Waals surface area contributed by atoms with Crippen molar-refractivity contribution in [1.82, 2.24) is 15.0 Å². The molecule has 0 fully saturated rings. The molecule has 0 aliphatic rings. The van der Waals surface area contributed by atoms with Crippen LogP contribution in [0.2, 0.25) is 5.15 Å². The SMILES string of the molecule is Cc1cc(C(C)Nc2ccc(Cl)nc2C#N)c2oc(/C(=C/N)c3ncccn3)c(C)c(=O)c2c1. The van der Waals surface area contributed by atoms with Crippen molar-refractivity contribution in [3.63, 3.8) is 0 Å². The molecular weight excluding hydrogens is 452 g/mol. The number of benzene rings is 1. The van der Waals surface area contributed by atoms with Gasteiger partial charge in [-0.1, -0.05) is 17.7 Å². The van der Waals surface area contributed by atoms with E-state index in [2.05, 4.69) is 20.3 Å². The third kappa shape index (κ3) is 4.21. The van der Waals surface area contributed by atoms with Gasteiger partial charge in [-0.25, -0.2) is 15.0 Å². The second-order valence-corrected chi connectivity index (χ2v) is 8.16. The van der Waals surface area contributed by atoms with E-state index in [0.717, 1.165) is 11.1 Å². The van der Waals surface area contributed by atoms with E-state index in [-0.39, 0.29) is 22.3 Å². The van der Waals surface area contributed by atoms with Crippen molar-refractivity contribution in [2.24, 2.45) is 5.73 Å². The third-order valence-electron chi connectivity index (χ3n) is 5.42. The summed E-state index contributed by atoms with van der Waals surface area (Å²) in [6, 6.07) is 10.4. The number of fused-ring (bicyclic) bond motifs is 1. The molecule has 3 heterocycles. The molecule has 3 aromatic heterocycles. The Kier molecular flexibility index (Phi) is 6.30. The van der Waals surface area contributed by atoms with Crippen LogP contribution in [0.3, 0.4) is 0 Å². The van der Waals surface area contributed by atoms with Gasteiger partial charge < -0.3 is 15.5 Å². The van der Waals surface area contributed by atoms with Crippen LogP contribution in [0.25, 0.3) is 16.5 Å². The van der Waals surface area contributed by atoms with Crippen molar-refractivity contribution in [3.05, 3.63) is 98.3 Å². The summed E-state index contributed by atoms with van der Waals surface area (Å²) in [6.45, 7) is 5.50. The summed E-state index contributed by atoms with van der Waals surface area (Å²) in [4.78, 5) is 25.9. The maximum atomic E-state index is 13.4. The third-order valence-corrected chi connectivity index (χ3v) is 5.63. The van der Waals surface area contributed by atoms with E-state index >= 15 is 0 Å². The molecule has 170 valence electrons. The summed E-state index contributed by atoms with van der Waals surface area (Å²) in [7, 11) is 0. The number of hydrogen-bond donors (Lipinski definition) is 2. The van der Waals surface area contributed by atoms with Crippen LogP contribution in [0.5, 0.6) is 0 Å². The molecule has 34 heavy (non-hydrogen) atoms. The van der Waals surface area contributed by atoms with Gasteiger partial charge >= 0.3 is 0 Å². The quantitative estimate of drug-likeness (QED) is 0.401. The minimum atomic E-state index is -0.338. The van der Waals surface area contributed by atoms with E-state index in [0.29, 0.717) is 39.4 Å². The number of nitrogens with one attached hydrogen (secondary N) is 1. The molecule has 8 nitrogen and oxygen atoms in total. The number of rotatable bonds is 5. The lowest BCUT2D eigenvalue weighted by Crippen LogP contribution is -2.14. The first-order chi connectivity index (χ1) is 16.3. The van der Waals surface area contributed by atoms with Crippen molar-refractivity contribution < 1.29 is 4.42 Å². The average molecular weight is 473 g/mol. The molecule has 1 unspecified atom stereocenters. The molecule has 0 aliphatic carbocycles. The number of nitrogens with zero attached hydrogens (tertiary/aromatic N) is 4. The Labute approximate surface area is 200 Å². The smallest absolute Gasteiger partial charge is 0.196 e. The van der Waals surface area contributed by atoms with Gasteiger partial charge in [-0.15, -0.1) is 0 Å². The molecule has 1 aromatic carbocycles. The van der Waals surface area contributed by atoms with E-state index in [1.165, 1.54) is 6.20 Å². The highest BCUT2D eigenvalue weighted by molar-refractivity contribution is 6.29. The highest BCUT2D eigenvalue weighted by atomic mass is 35.5. The van der Waals surface area contributed by atoms with Gasteiger partial charge in [0.05, 0.1) is 22.7 Å². The molecule has 0 amide bonds. The van der Waals surface area contributed by atoms with Gasteiger partial charge in [0.15, 0.2) is 16.9 Å². The summed E-state index contributed by atoms with van der Waals surface area (Å²) in [5, 5.41) is 13.4. The monoisotopic (exact) mass is 472 g/mol. The number of pyridine rings is 1. The number of halogens is 1. The standard InChI is InChI=1S/C25H21ClN6O2/c1-13-9-16(15(3)31-19-5-6-21(26)32-20(19)12-28)24-17(10-13)22(33)14(2)23(34-24)18(11-27)25-29-7-4-8-30-25/h4-11,15,31H,27H2,1-3H3/b18-11-. The van der Waals surface area contributed by atoms with Gasteiger partial charge in [0.25, 0.3) is 0 Å². The first-order valence-electron chi connectivity index (χ1n) is 10.4. The molecule has 4 rings (SSSR count). The van der Waals surface area contributed by atoms with Crippen LogP contribution >= 0.6 is 11.6 Å². The molecule has 1 atom stereocenters. The summed E-state index contributed by atoms with van der Waals surface area (Å²) < 4.78 is 6.33. The minimum absolute atomic E-state index is 0.170. The highest BCUT2D eigenvalue weighted by Gasteiger charge is 2.22. The Morgan fingerprint density at radius 3 is 2.68 bits per heavy atom. The van der Waals surface area contributed by atoms with Gasteiger partial charge in [-0.2, -0.15) is 5.26 Å². The van der Waals surface area contributed by atoms with E-state index in [1.807, 2.05) is 26.0 Å². The summed E-state index contributed by atoms with van der Waals surface area (Å²) in [5.74, 6) is 0.649. The Morgan fingerprint density at radius 2 is 2.00 bits per heavy atom. The van der Waals surface area contributed by atoms with Crippen molar-refractivity contribution in [1.29, 1.82) is 5.26 Å². The Morgan fingerprint density at radius 1 is 1.26 bits per heavy atom. The second kappa shape index (κ2) is 9.33. The molecule has 4 aromatic rings. The topological polar surface area (TPSA) is 131 Å². The zero-order valence-corrected chi connectivity index (χ0v) is 19.5. The van der Waals surface area contributed by atoms with Gasteiger partial charge in [0.1, 0.15) is 22.6 Å². The fourth-order valence-electron chi connectivity index (χ4n) is 3.78. The van der Waals surface area contributed by atoms with Gasteiger partial charge in [0.2, 0.25) is 0 Å². The van der Waals surface area contributed by atoms with Gasteiger partial charge in [-0.05, 0) is 50.6 Å². The summed E-state index contributed by atoms with van der Waals surface area (Å²) >= 11 is 5.93. The largest absolute Gasteiger partial charge is 0.455 e. The van der Waals surface area contributed by atoms with E-state index in [1.54, 1.807) is 43.6 Å². The van der Waals surface area contributed by atoms with Crippen molar-refractivity contribution in [2.75, 3.05) is 5.32 Å². The number of nitrogens with two attached hydrogens (primary N) is 1. The Bertz CT molecular complexity index is 1520. The van der Waals surface area contributed by atoms with Crippen LogP contribution in [0.4, 0.5) is 5.69 Å². The second-order valence-electron chi connectivity index (χ2n) is 7.78. The zero-order chi connectivity index (χ0) is 24.4. The van der Waals surface area contributed by atoms with E-state index < -0.39 is 0 Å². The van der Waals surface area contributed by atoms with Crippen molar-refractivity contribution >= 4 is 33.8 Å². The first-order valence-corrected chi connectivity index (χ1v) is 10.8. The zero-order valence-electron chi connectivity index (χ0n) is 18.8. The summed E-state index contributed by atoms with van der Waals surface area (Å²) in [6.07, 6.45) is 4.52. The molecule has 0 bridgehead atoms. The van der Waals surface area contributed by atoms with Crippen LogP contribution in [-0.2, 0) is 0 Å². The molecule has 3 N–H and O–H groups in total. The molecule has 0 radical (unpaired) electrons. The first kappa shape index (κ1) is 23.0. The molecule has 0 saturated heterocycles. The highest BCUT2D eigenvalue weighted by Crippen LogP contribution is 2.32. The van der Waals surface area contributed by atoms with Crippen LogP contribution < -0.4 is 16.5 Å². The summed E-state index contributed by atoms with van der Waals surface area (Å²) in [5.41, 5.74) is 9.28. The lowest BCUT2D eigenvalue weighted by atomic mass is 9.98. The van der Waals surface area contributed by atoms with Crippen LogP contribution in [0, 0.1) is 25.2 Å². The predicted molar refractivity (Wildman–Crippen MR) is 131 cm³/mol. The van der Waals surface area contributed by atoms with Crippen molar-refractivity contribution in [2.45, 2.75) is 26.8 Å². The minimum Gasteiger partial charge on any atom is -0.455 e. The van der Waals surface area contributed by atoms with Gasteiger partial charge in [0, 0.05) is 29.7 Å². The fourth-order valence-corrected chi connectivity index (χ4v) is 3.93. The number of hydrogen-bond acceptors (Lipinski definition) is 8. The molecular formula is C25H21ClN6O2. The Balaban J connectivity index is 1.90. The van der Waals surface area contributed by atoms with E-state index in [4.69, 9.17) is 21.8 Å². The number of nitriles is 1. The fraction of sp³-hybridized carbons (Fsp3) is 0.160. The lowest BCUT2D eigenvalue weighted by Gasteiger charge is -2.19. The van der Waals surface area contributed by atoms with E-state index in [9.17, 15) is 10.1 Å². The normalized spacial score (nSPS) is 12.4. The molecule has 0 aliphatic heterocycles. The predicted octanol–water partition coefficient (Wildman–Crippen LogP) is 4.64. The molecule has 9 heteroatoms. The number of aromatic nitrogens is 3. The van der Waals surface area contributed by atoms with Gasteiger partial charge in [-0.3, -0.25) is 4.79 Å². The van der Waals surface area contributed by atoms with Crippen LogP contribution in [0.15, 0.2) is 58.1 Å². The molecule has 0 spiro atoms. The Hall–Kier alpha value is -4.22. The average Bonchev–Trinajstić information content (AvgIpc) is 2.84. The van der Waals surface area contributed by atoms with Crippen LogP contribution in [-0.4, -0.2) is 15.0 Å². The molecule has 0 saturated carbocycles. The lowest BCUT2D eigenvalue weighted by molar-refractivity contribution is 0.573. The van der Waals surface area contributed by atoms with Crippen molar-refractivity contribution in [3.8, 4) is 6.07 Å². The maximum absolute atomic E-state index is 13.4.